The number of piperidine rings is 1. The average molecular weight is 182 g/mol. The minimum atomic E-state index is 0.909. The summed E-state index contributed by atoms with van der Waals surface area (Å²) in [6, 6.07) is 0.909. The van der Waals surface area contributed by atoms with Gasteiger partial charge in [0.2, 0.25) is 0 Å². The molecule has 0 bridgehead atoms. The van der Waals surface area contributed by atoms with Crippen LogP contribution in [0.5, 0.6) is 0 Å². The zero-order chi connectivity index (χ0) is 9.26. The van der Waals surface area contributed by atoms with E-state index in [4.69, 9.17) is 0 Å². The number of nitrogens with zero attached hydrogens (tertiary/aromatic N) is 1. The Morgan fingerprint density at radius 2 is 2.23 bits per heavy atom. The van der Waals surface area contributed by atoms with Crippen LogP contribution in [0.15, 0.2) is 0 Å². The summed E-state index contributed by atoms with van der Waals surface area (Å²) in [5.41, 5.74) is 0. The molecule has 3 unspecified atom stereocenters. The summed E-state index contributed by atoms with van der Waals surface area (Å²) in [6.07, 6.45) is 5.78. The van der Waals surface area contributed by atoms with E-state index in [-0.39, 0.29) is 0 Å². The third-order valence-electron chi connectivity index (χ3n) is 3.76. The molecule has 2 nitrogen and oxygen atoms in total. The summed E-state index contributed by atoms with van der Waals surface area (Å²) in [7, 11) is 4.37. The molecule has 1 aliphatic heterocycles. The van der Waals surface area contributed by atoms with Crippen LogP contribution in [0, 0.1) is 11.8 Å². The van der Waals surface area contributed by atoms with Gasteiger partial charge < -0.3 is 10.2 Å². The monoisotopic (exact) mass is 182 g/mol. The Morgan fingerprint density at radius 3 is 2.92 bits per heavy atom. The molecule has 0 radical (unpaired) electrons. The van der Waals surface area contributed by atoms with Gasteiger partial charge in [-0.05, 0) is 58.3 Å². The highest BCUT2D eigenvalue weighted by Gasteiger charge is 2.43. The Bertz CT molecular complexity index is 169. The van der Waals surface area contributed by atoms with E-state index in [0.29, 0.717) is 0 Å². The van der Waals surface area contributed by atoms with Crippen LogP contribution in [0.2, 0.25) is 0 Å². The van der Waals surface area contributed by atoms with E-state index in [1.165, 1.54) is 38.8 Å². The maximum absolute atomic E-state index is 3.30. The lowest BCUT2D eigenvalue weighted by Crippen LogP contribution is -2.38. The van der Waals surface area contributed by atoms with Crippen molar-refractivity contribution in [3.63, 3.8) is 0 Å². The molecule has 0 aromatic rings. The lowest BCUT2D eigenvalue weighted by molar-refractivity contribution is 0.160. The van der Waals surface area contributed by atoms with Crippen molar-refractivity contribution < 1.29 is 0 Å². The van der Waals surface area contributed by atoms with Crippen molar-refractivity contribution in [1.29, 1.82) is 0 Å². The van der Waals surface area contributed by atoms with Gasteiger partial charge in [-0.2, -0.15) is 0 Å². The fourth-order valence-electron chi connectivity index (χ4n) is 2.88. The number of likely N-dealkylation sites (tertiary alicyclic amines) is 1. The minimum Gasteiger partial charge on any atom is -0.319 e. The second-order valence-corrected chi connectivity index (χ2v) is 4.76. The van der Waals surface area contributed by atoms with E-state index in [1.807, 2.05) is 0 Å². The van der Waals surface area contributed by atoms with E-state index in [2.05, 4.69) is 24.3 Å². The minimum absolute atomic E-state index is 0.909. The molecule has 0 aromatic carbocycles. The zero-order valence-corrected chi connectivity index (χ0v) is 8.92. The van der Waals surface area contributed by atoms with Crippen molar-refractivity contribution in [2.24, 2.45) is 11.8 Å². The van der Waals surface area contributed by atoms with Gasteiger partial charge >= 0.3 is 0 Å². The summed E-state index contributed by atoms with van der Waals surface area (Å²) in [6.45, 7) is 2.56. The Balaban J connectivity index is 1.80. The van der Waals surface area contributed by atoms with Crippen LogP contribution in [-0.2, 0) is 0 Å². The molecule has 76 valence electrons. The first-order valence-corrected chi connectivity index (χ1v) is 5.67. The van der Waals surface area contributed by atoms with E-state index < -0.39 is 0 Å². The molecule has 2 fully saturated rings. The molecule has 1 heterocycles. The smallest absolute Gasteiger partial charge is 0.0124 e. The predicted octanol–water partition coefficient (Wildman–Crippen LogP) is 1.33. The van der Waals surface area contributed by atoms with Crippen molar-refractivity contribution in [1.82, 2.24) is 10.2 Å². The topological polar surface area (TPSA) is 15.3 Å². The number of hydrogen-bond acceptors (Lipinski definition) is 2. The van der Waals surface area contributed by atoms with E-state index in [1.54, 1.807) is 0 Å². The molecule has 3 atom stereocenters. The van der Waals surface area contributed by atoms with Gasteiger partial charge in [0.1, 0.15) is 0 Å². The van der Waals surface area contributed by atoms with Gasteiger partial charge in [0.05, 0.1) is 0 Å². The number of nitrogens with one attached hydrogen (secondary N) is 1. The van der Waals surface area contributed by atoms with Crippen molar-refractivity contribution in [3.05, 3.63) is 0 Å². The second kappa shape index (κ2) is 3.97. The predicted molar refractivity (Wildman–Crippen MR) is 55.8 cm³/mol. The highest BCUT2D eigenvalue weighted by molar-refractivity contribution is 4.97. The summed E-state index contributed by atoms with van der Waals surface area (Å²) in [5, 5.41) is 3.30. The zero-order valence-electron chi connectivity index (χ0n) is 8.92. The van der Waals surface area contributed by atoms with E-state index in [9.17, 15) is 0 Å². The van der Waals surface area contributed by atoms with Gasteiger partial charge in [0, 0.05) is 6.04 Å². The summed E-state index contributed by atoms with van der Waals surface area (Å²) in [4.78, 5) is 2.59. The lowest BCUT2D eigenvalue weighted by Gasteiger charge is -2.33. The van der Waals surface area contributed by atoms with E-state index in [0.717, 1.165) is 17.9 Å². The Morgan fingerprint density at radius 1 is 1.38 bits per heavy atom. The molecule has 13 heavy (non-hydrogen) atoms. The third-order valence-corrected chi connectivity index (χ3v) is 3.76. The summed E-state index contributed by atoms with van der Waals surface area (Å²) < 4.78 is 0. The maximum Gasteiger partial charge on any atom is 0.0124 e. The van der Waals surface area contributed by atoms with Gasteiger partial charge in [0.15, 0.2) is 0 Å². The number of rotatable bonds is 3. The molecule has 1 N–H and O–H groups in total. The van der Waals surface area contributed by atoms with Crippen LogP contribution in [0.4, 0.5) is 0 Å². The summed E-state index contributed by atoms with van der Waals surface area (Å²) >= 11 is 0. The van der Waals surface area contributed by atoms with Crippen LogP contribution in [0.25, 0.3) is 0 Å². The molecule has 1 saturated carbocycles. The van der Waals surface area contributed by atoms with Crippen molar-refractivity contribution in [2.75, 3.05) is 27.2 Å². The van der Waals surface area contributed by atoms with Gasteiger partial charge in [0.25, 0.3) is 0 Å². The molecule has 2 rings (SSSR count). The van der Waals surface area contributed by atoms with Crippen LogP contribution in [0.1, 0.15) is 25.7 Å². The Kier molecular flexibility index (Phi) is 2.89. The first kappa shape index (κ1) is 9.47. The highest BCUT2D eigenvalue weighted by atomic mass is 15.1. The van der Waals surface area contributed by atoms with Crippen LogP contribution < -0.4 is 5.32 Å². The fourth-order valence-corrected chi connectivity index (χ4v) is 2.88. The van der Waals surface area contributed by atoms with Crippen LogP contribution in [0.3, 0.4) is 0 Å². The molecular weight excluding hydrogens is 160 g/mol. The van der Waals surface area contributed by atoms with Crippen molar-refractivity contribution in [3.8, 4) is 0 Å². The first-order chi connectivity index (χ1) is 6.33. The highest BCUT2D eigenvalue weighted by Crippen LogP contribution is 2.44. The average Bonchev–Trinajstić information content (AvgIpc) is 2.86. The molecule has 1 aliphatic carbocycles. The lowest BCUT2D eigenvalue weighted by atomic mass is 9.98. The Hall–Kier alpha value is -0.0800. The Labute approximate surface area is 81.7 Å². The van der Waals surface area contributed by atoms with Crippen molar-refractivity contribution >= 4 is 0 Å². The third kappa shape index (κ3) is 2.05. The molecule has 2 aliphatic rings. The SMILES string of the molecule is CNCC1CC1C1CCCCN1C. The molecule has 2 heteroatoms. The molecular formula is C11H22N2. The van der Waals surface area contributed by atoms with Gasteiger partial charge in [-0.3, -0.25) is 0 Å². The van der Waals surface area contributed by atoms with Crippen LogP contribution in [-0.4, -0.2) is 38.1 Å². The normalized spacial score (nSPS) is 40.6. The molecule has 1 saturated heterocycles. The quantitative estimate of drug-likeness (QED) is 0.708. The summed E-state index contributed by atoms with van der Waals surface area (Å²) in [5.74, 6) is 1.99. The van der Waals surface area contributed by atoms with Gasteiger partial charge in [-0.25, -0.2) is 0 Å². The number of hydrogen-bond donors (Lipinski definition) is 1. The van der Waals surface area contributed by atoms with Crippen LogP contribution >= 0.6 is 0 Å². The second-order valence-electron chi connectivity index (χ2n) is 4.76. The van der Waals surface area contributed by atoms with E-state index >= 15 is 0 Å². The molecule has 0 spiro atoms. The largest absolute Gasteiger partial charge is 0.319 e. The molecule has 0 amide bonds. The maximum atomic E-state index is 3.30. The molecule has 0 aromatic heterocycles. The standard InChI is InChI=1S/C11H22N2/c1-12-8-9-7-10(9)11-5-3-4-6-13(11)2/h9-12H,3-8H2,1-2H3. The van der Waals surface area contributed by atoms with Gasteiger partial charge in [-0.1, -0.05) is 6.42 Å². The van der Waals surface area contributed by atoms with Crippen molar-refractivity contribution in [2.45, 2.75) is 31.7 Å². The van der Waals surface area contributed by atoms with Gasteiger partial charge in [-0.15, -0.1) is 0 Å². The first-order valence-electron chi connectivity index (χ1n) is 5.67. The fraction of sp³-hybridized carbons (Fsp3) is 1.00.